The monoisotopic (exact) mass is 385 g/mol. The van der Waals surface area contributed by atoms with Crippen molar-refractivity contribution in [3.8, 4) is 5.75 Å². The topological polar surface area (TPSA) is 55.8 Å². The van der Waals surface area contributed by atoms with Gasteiger partial charge in [-0.15, -0.1) is 0 Å². The summed E-state index contributed by atoms with van der Waals surface area (Å²) in [6.45, 7) is 5.20. The van der Waals surface area contributed by atoms with Crippen molar-refractivity contribution in [1.82, 2.24) is 4.90 Å². The molecule has 0 atom stereocenters. The zero-order valence-electron chi connectivity index (χ0n) is 16.1. The Balaban J connectivity index is 1.55. The van der Waals surface area contributed by atoms with Gasteiger partial charge in [0.2, 0.25) is 0 Å². The fourth-order valence-electron chi connectivity index (χ4n) is 3.29. The first-order valence-electron chi connectivity index (χ1n) is 9.47. The second-order valence-corrected chi connectivity index (χ2v) is 6.79. The molecule has 0 aromatic heterocycles. The van der Waals surface area contributed by atoms with Crippen molar-refractivity contribution in [2.45, 2.75) is 32.8 Å². The highest BCUT2D eigenvalue weighted by atomic mass is 19.1. The lowest BCUT2D eigenvalue weighted by Crippen LogP contribution is -2.41. The highest BCUT2D eigenvalue weighted by molar-refractivity contribution is 5.94. The normalized spacial score (nSPS) is 14.6. The zero-order valence-corrected chi connectivity index (χ0v) is 16.1. The van der Waals surface area contributed by atoms with Crippen molar-refractivity contribution in [2.75, 3.05) is 19.7 Å². The largest absolute Gasteiger partial charge is 0.494 e. The van der Waals surface area contributed by atoms with Crippen molar-refractivity contribution in [3.05, 3.63) is 65.0 Å². The third kappa shape index (κ3) is 4.50. The second kappa shape index (κ2) is 8.87. The van der Waals surface area contributed by atoms with Gasteiger partial charge in [0.15, 0.2) is 0 Å². The first-order chi connectivity index (χ1) is 13.5. The molecule has 2 aromatic rings. The number of rotatable bonds is 5. The van der Waals surface area contributed by atoms with Crippen LogP contribution in [0.25, 0.3) is 0 Å². The van der Waals surface area contributed by atoms with Crippen LogP contribution in [0.5, 0.6) is 5.75 Å². The maximum absolute atomic E-state index is 13.8. The van der Waals surface area contributed by atoms with E-state index >= 15 is 0 Å². The minimum absolute atomic E-state index is 0.0720. The lowest BCUT2D eigenvalue weighted by atomic mass is 10.1. The standard InChI is InChI=1S/C22H24FNO4/c1-3-27-20-9-8-16(14-15(20)2)22(26)28-17-10-12-24(13-11-17)21(25)18-6-4-5-7-19(18)23/h4-9,14,17H,3,10-13H2,1-2H3. The lowest BCUT2D eigenvalue weighted by molar-refractivity contribution is 0.0120. The quantitative estimate of drug-likeness (QED) is 0.730. The molecular weight excluding hydrogens is 361 g/mol. The molecule has 5 nitrogen and oxygen atoms in total. The van der Waals surface area contributed by atoms with Crippen molar-refractivity contribution in [2.24, 2.45) is 0 Å². The predicted molar refractivity (Wildman–Crippen MR) is 103 cm³/mol. The molecule has 0 bridgehead atoms. The van der Waals surface area contributed by atoms with Crippen molar-refractivity contribution in [1.29, 1.82) is 0 Å². The van der Waals surface area contributed by atoms with Crippen LogP contribution in [0.3, 0.4) is 0 Å². The van der Waals surface area contributed by atoms with Crippen LogP contribution in [0.15, 0.2) is 42.5 Å². The van der Waals surface area contributed by atoms with E-state index in [1.165, 1.54) is 12.1 Å². The van der Waals surface area contributed by atoms with Gasteiger partial charge in [-0.05, 0) is 49.7 Å². The van der Waals surface area contributed by atoms with Crippen LogP contribution in [0.2, 0.25) is 0 Å². The van der Waals surface area contributed by atoms with E-state index in [2.05, 4.69) is 0 Å². The summed E-state index contributed by atoms with van der Waals surface area (Å²) in [6, 6.07) is 11.2. The maximum atomic E-state index is 13.8. The minimum Gasteiger partial charge on any atom is -0.494 e. The number of halogens is 1. The van der Waals surface area contributed by atoms with E-state index in [0.29, 0.717) is 38.1 Å². The summed E-state index contributed by atoms with van der Waals surface area (Å²) in [5, 5.41) is 0. The average molecular weight is 385 g/mol. The summed E-state index contributed by atoms with van der Waals surface area (Å²) < 4.78 is 24.9. The molecule has 1 amide bonds. The van der Waals surface area contributed by atoms with Crippen LogP contribution in [-0.4, -0.2) is 42.6 Å². The number of aryl methyl sites for hydroxylation is 1. The molecule has 1 aliphatic heterocycles. The van der Waals surface area contributed by atoms with E-state index in [4.69, 9.17) is 9.47 Å². The molecule has 0 unspecified atom stereocenters. The second-order valence-electron chi connectivity index (χ2n) is 6.79. The maximum Gasteiger partial charge on any atom is 0.338 e. The summed E-state index contributed by atoms with van der Waals surface area (Å²) >= 11 is 0. The third-order valence-corrected chi connectivity index (χ3v) is 4.82. The highest BCUT2D eigenvalue weighted by Gasteiger charge is 2.27. The Hall–Kier alpha value is -2.89. The Morgan fingerprint density at radius 2 is 1.86 bits per heavy atom. The van der Waals surface area contributed by atoms with Gasteiger partial charge in [0.25, 0.3) is 5.91 Å². The fraction of sp³-hybridized carbons (Fsp3) is 0.364. The van der Waals surface area contributed by atoms with Crippen LogP contribution in [0.1, 0.15) is 46.0 Å². The number of esters is 1. The molecule has 0 aliphatic carbocycles. The Kier molecular flexibility index (Phi) is 6.29. The van der Waals surface area contributed by atoms with Crippen LogP contribution in [-0.2, 0) is 4.74 Å². The molecule has 6 heteroatoms. The molecule has 3 rings (SSSR count). The Bertz CT molecular complexity index is 859. The molecule has 1 heterocycles. The lowest BCUT2D eigenvalue weighted by Gasteiger charge is -2.31. The van der Waals surface area contributed by atoms with Gasteiger partial charge in [-0.25, -0.2) is 9.18 Å². The third-order valence-electron chi connectivity index (χ3n) is 4.82. The molecule has 0 saturated carbocycles. The zero-order chi connectivity index (χ0) is 20.1. The van der Waals surface area contributed by atoms with E-state index in [1.54, 1.807) is 35.2 Å². The average Bonchev–Trinajstić information content (AvgIpc) is 2.70. The molecule has 0 N–H and O–H groups in total. The van der Waals surface area contributed by atoms with Crippen LogP contribution < -0.4 is 4.74 Å². The number of amides is 1. The van der Waals surface area contributed by atoms with Crippen LogP contribution >= 0.6 is 0 Å². The Morgan fingerprint density at radius 1 is 1.14 bits per heavy atom. The van der Waals surface area contributed by atoms with E-state index in [-0.39, 0.29) is 23.5 Å². The molecule has 28 heavy (non-hydrogen) atoms. The molecule has 0 radical (unpaired) electrons. The van der Waals surface area contributed by atoms with Gasteiger partial charge in [-0.1, -0.05) is 12.1 Å². The van der Waals surface area contributed by atoms with E-state index < -0.39 is 5.82 Å². The van der Waals surface area contributed by atoms with Gasteiger partial charge < -0.3 is 14.4 Å². The molecular formula is C22H24FNO4. The van der Waals surface area contributed by atoms with Crippen molar-refractivity contribution < 1.29 is 23.5 Å². The number of hydrogen-bond acceptors (Lipinski definition) is 4. The molecule has 148 valence electrons. The highest BCUT2D eigenvalue weighted by Crippen LogP contribution is 2.22. The number of benzene rings is 2. The number of hydrogen-bond donors (Lipinski definition) is 0. The summed E-state index contributed by atoms with van der Waals surface area (Å²) in [7, 11) is 0. The van der Waals surface area contributed by atoms with Gasteiger partial charge in [-0.2, -0.15) is 0 Å². The van der Waals surface area contributed by atoms with Gasteiger partial charge in [0.05, 0.1) is 17.7 Å². The van der Waals surface area contributed by atoms with Crippen molar-refractivity contribution >= 4 is 11.9 Å². The summed E-state index contributed by atoms with van der Waals surface area (Å²) in [5.41, 5.74) is 1.43. The molecule has 0 spiro atoms. The van der Waals surface area contributed by atoms with Crippen LogP contribution in [0.4, 0.5) is 4.39 Å². The SMILES string of the molecule is CCOc1ccc(C(=O)OC2CCN(C(=O)c3ccccc3F)CC2)cc1C. The summed E-state index contributed by atoms with van der Waals surface area (Å²) in [6.07, 6.45) is 0.799. The summed E-state index contributed by atoms with van der Waals surface area (Å²) in [5.74, 6) is -0.485. The first kappa shape index (κ1) is 19.9. The fourth-order valence-corrected chi connectivity index (χ4v) is 3.29. The van der Waals surface area contributed by atoms with E-state index in [0.717, 1.165) is 11.3 Å². The Labute approximate surface area is 164 Å². The molecule has 1 saturated heterocycles. The number of nitrogens with zero attached hydrogens (tertiary/aromatic N) is 1. The number of ether oxygens (including phenoxy) is 2. The smallest absolute Gasteiger partial charge is 0.338 e. The molecule has 2 aromatic carbocycles. The summed E-state index contributed by atoms with van der Waals surface area (Å²) in [4.78, 5) is 26.5. The van der Waals surface area contributed by atoms with Crippen molar-refractivity contribution in [3.63, 3.8) is 0 Å². The van der Waals surface area contributed by atoms with Gasteiger partial charge in [0.1, 0.15) is 17.7 Å². The van der Waals surface area contributed by atoms with Gasteiger partial charge >= 0.3 is 5.97 Å². The van der Waals surface area contributed by atoms with Gasteiger partial charge in [-0.3, -0.25) is 4.79 Å². The van der Waals surface area contributed by atoms with E-state index in [9.17, 15) is 14.0 Å². The first-order valence-corrected chi connectivity index (χ1v) is 9.47. The number of piperidine rings is 1. The number of carbonyl (C=O) groups is 2. The van der Waals surface area contributed by atoms with Crippen LogP contribution in [0, 0.1) is 12.7 Å². The Morgan fingerprint density at radius 3 is 2.50 bits per heavy atom. The molecule has 1 fully saturated rings. The number of likely N-dealkylation sites (tertiary alicyclic amines) is 1. The minimum atomic E-state index is -0.521. The number of carbonyl (C=O) groups excluding carboxylic acids is 2. The van der Waals surface area contributed by atoms with Gasteiger partial charge in [0, 0.05) is 25.9 Å². The molecule has 1 aliphatic rings. The predicted octanol–water partition coefficient (Wildman–Crippen LogP) is 3.99. The van der Waals surface area contributed by atoms with E-state index in [1.807, 2.05) is 13.8 Å².